The summed E-state index contributed by atoms with van der Waals surface area (Å²) in [5.74, 6) is 0.835. The number of carbonyl (C=O) groups excluding carboxylic acids is 1. The normalized spacial score (nSPS) is 12.6. The van der Waals surface area contributed by atoms with Crippen LogP contribution in [0.2, 0.25) is 0 Å². The molecule has 11 heavy (non-hydrogen) atoms. The van der Waals surface area contributed by atoms with Crippen LogP contribution in [0.25, 0.3) is 0 Å². The molecule has 0 aromatic rings. The Bertz CT molecular complexity index is 119. The first-order chi connectivity index (χ1) is 5.22. The molecule has 0 aromatic carbocycles. The quantitative estimate of drug-likeness (QED) is 0.443. The monoisotopic (exact) mass is 193 g/mol. The van der Waals surface area contributed by atoms with Crippen molar-refractivity contribution in [1.82, 2.24) is 5.32 Å². The Balaban J connectivity index is 3.36. The third-order valence-corrected chi connectivity index (χ3v) is 2.24. The number of rotatable bonds is 5. The van der Waals surface area contributed by atoms with Crippen LogP contribution in [-0.4, -0.2) is 23.5 Å². The van der Waals surface area contributed by atoms with Crippen molar-refractivity contribution in [2.24, 2.45) is 0 Å². The molecule has 0 radical (unpaired) electrons. The smallest absolute Gasteiger partial charge is 0.232 e. The molecule has 0 aliphatic heterocycles. The number of amides is 1. The summed E-state index contributed by atoms with van der Waals surface area (Å²) in [6, 6.07) is 0. The van der Waals surface area contributed by atoms with Crippen LogP contribution in [0, 0.1) is 0 Å². The number of nitrogens with one attached hydrogen (secondary N) is 1. The molecule has 0 aliphatic rings. The zero-order chi connectivity index (χ0) is 8.69. The molecule has 1 amide bonds. The largest absolute Gasteiger partial charge is 0.355 e. The fourth-order valence-electron chi connectivity index (χ4n) is 0.594. The van der Waals surface area contributed by atoms with Crippen LogP contribution < -0.4 is 5.32 Å². The summed E-state index contributed by atoms with van der Waals surface area (Å²) in [5.41, 5.74) is 0. The Morgan fingerprint density at radius 3 is 2.73 bits per heavy atom. The molecular weight excluding hydrogens is 178 g/mol. The van der Waals surface area contributed by atoms with E-state index in [1.807, 2.05) is 6.92 Å². The van der Waals surface area contributed by atoms with Crippen molar-refractivity contribution < 1.29 is 4.79 Å². The Labute approximate surface area is 79.0 Å². The molecule has 0 fully saturated rings. The molecule has 1 atom stereocenters. The van der Waals surface area contributed by atoms with Gasteiger partial charge < -0.3 is 5.32 Å². The van der Waals surface area contributed by atoms with E-state index in [1.54, 1.807) is 0 Å². The van der Waals surface area contributed by atoms with E-state index in [0.717, 1.165) is 18.6 Å². The summed E-state index contributed by atoms with van der Waals surface area (Å²) in [7, 11) is 0. The van der Waals surface area contributed by atoms with Gasteiger partial charge in [0.25, 0.3) is 0 Å². The van der Waals surface area contributed by atoms with Gasteiger partial charge in [0.1, 0.15) is 0 Å². The molecular formula is C7H15NOS2. The van der Waals surface area contributed by atoms with Gasteiger partial charge >= 0.3 is 0 Å². The summed E-state index contributed by atoms with van der Waals surface area (Å²) >= 11 is 8.12. The van der Waals surface area contributed by atoms with E-state index in [0.29, 0.717) is 6.54 Å². The van der Waals surface area contributed by atoms with Crippen LogP contribution in [-0.2, 0) is 4.79 Å². The van der Waals surface area contributed by atoms with Gasteiger partial charge in [-0.1, -0.05) is 6.92 Å². The molecule has 1 unspecified atom stereocenters. The van der Waals surface area contributed by atoms with E-state index in [9.17, 15) is 4.79 Å². The zero-order valence-corrected chi connectivity index (χ0v) is 8.50. The minimum atomic E-state index is -0.157. The average molecular weight is 193 g/mol. The molecule has 0 saturated carbocycles. The third kappa shape index (κ3) is 5.44. The highest BCUT2D eigenvalue weighted by Gasteiger charge is 2.09. The van der Waals surface area contributed by atoms with Gasteiger partial charge in [0.2, 0.25) is 5.91 Å². The second-order valence-electron chi connectivity index (χ2n) is 2.29. The fourth-order valence-corrected chi connectivity index (χ4v) is 0.843. The SMILES string of the molecule is CCC(S)C(=O)NCCCS. The van der Waals surface area contributed by atoms with Gasteiger partial charge in [0.15, 0.2) is 0 Å². The van der Waals surface area contributed by atoms with Gasteiger partial charge in [0, 0.05) is 6.54 Å². The Morgan fingerprint density at radius 1 is 1.64 bits per heavy atom. The van der Waals surface area contributed by atoms with Crippen molar-refractivity contribution in [2.45, 2.75) is 25.0 Å². The molecule has 0 aromatic heterocycles. The van der Waals surface area contributed by atoms with E-state index in [-0.39, 0.29) is 11.2 Å². The molecule has 4 heteroatoms. The molecule has 0 heterocycles. The maximum Gasteiger partial charge on any atom is 0.232 e. The van der Waals surface area contributed by atoms with Gasteiger partial charge in [-0.15, -0.1) is 0 Å². The Hall–Kier alpha value is 0.170. The summed E-state index contributed by atoms with van der Waals surface area (Å²) < 4.78 is 0. The van der Waals surface area contributed by atoms with Crippen molar-refractivity contribution in [3.8, 4) is 0 Å². The lowest BCUT2D eigenvalue weighted by atomic mass is 10.3. The van der Waals surface area contributed by atoms with E-state index >= 15 is 0 Å². The number of carbonyl (C=O) groups is 1. The van der Waals surface area contributed by atoms with E-state index < -0.39 is 0 Å². The Kier molecular flexibility index (Phi) is 6.96. The van der Waals surface area contributed by atoms with E-state index in [4.69, 9.17) is 0 Å². The molecule has 1 N–H and O–H groups in total. The van der Waals surface area contributed by atoms with Crippen molar-refractivity contribution >= 4 is 31.2 Å². The predicted molar refractivity (Wildman–Crippen MR) is 54.5 cm³/mol. The molecule has 2 nitrogen and oxygen atoms in total. The minimum absolute atomic E-state index is 0.0256. The van der Waals surface area contributed by atoms with Crippen molar-refractivity contribution in [1.29, 1.82) is 0 Å². The summed E-state index contributed by atoms with van der Waals surface area (Å²) in [6.07, 6.45) is 1.69. The zero-order valence-electron chi connectivity index (χ0n) is 6.71. The van der Waals surface area contributed by atoms with Crippen LogP contribution in [0.4, 0.5) is 0 Å². The van der Waals surface area contributed by atoms with Gasteiger partial charge in [0.05, 0.1) is 5.25 Å². The number of thiol groups is 2. The molecule has 0 bridgehead atoms. The summed E-state index contributed by atoms with van der Waals surface area (Å²) in [6.45, 7) is 2.65. The first kappa shape index (κ1) is 11.2. The third-order valence-electron chi connectivity index (χ3n) is 1.32. The van der Waals surface area contributed by atoms with Gasteiger partial charge in [-0.2, -0.15) is 25.3 Å². The summed E-state index contributed by atoms with van der Waals surface area (Å²) in [5, 5.41) is 2.61. The van der Waals surface area contributed by atoms with Crippen LogP contribution in [0.15, 0.2) is 0 Å². The summed E-state index contributed by atoms with van der Waals surface area (Å²) in [4.78, 5) is 11.0. The highest BCUT2D eigenvalue weighted by Crippen LogP contribution is 1.99. The first-order valence-electron chi connectivity index (χ1n) is 3.79. The first-order valence-corrected chi connectivity index (χ1v) is 4.93. The second kappa shape index (κ2) is 6.85. The van der Waals surface area contributed by atoms with Gasteiger partial charge in [-0.05, 0) is 18.6 Å². The highest BCUT2D eigenvalue weighted by atomic mass is 32.1. The van der Waals surface area contributed by atoms with Crippen molar-refractivity contribution in [3.05, 3.63) is 0 Å². The second-order valence-corrected chi connectivity index (χ2v) is 3.36. The fraction of sp³-hybridized carbons (Fsp3) is 0.857. The van der Waals surface area contributed by atoms with E-state index in [2.05, 4.69) is 30.6 Å². The highest BCUT2D eigenvalue weighted by molar-refractivity contribution is 7.81. The standard InChI is InChI=1S/C7H15NOS2/c1-2-6(11)7(9)8-4-3-5-10/h6,10-11H,2-5H2,1H3,(H,8,9). The average Bonchev–Trinajstić information content (AvgIpc) is 2.03. The van der Waals surface area contributed by atoms with Crippen LogP contribution in [0.5, 0.6) is 0 Å². The maximum absolute atomic E-state index is 11.0. The predicted octanol–water partition coefficient (Wildman–Crippen LogP) is 1.13. The van der Waals surface area contributed by atoms with Crippen LogP contribution in [0.3, 0.4) is 0 Å². The number of hydrogen-bond donors (Lipinski definition) is 3. The maximum atomic E-state index is 11.0. The molecule has 0 saturated heterocycles. The molecule has 66 valence electrons. The van der Waals surface area contributed by atoms with Gasteiger partial charge in [-0.3, -0.25) is 4.79 Å². The lowest BCUT2D eigenvalue weighted by Gasteiger charge is -2.07. The molecule has 0 rings (SSSR count). The van der Waals surface area contributed by atoms with Crippen LogP contribution in [0.1, 0.15) is 19.8 Å². The molecule has 0 spiro atoms. The van der Waals surface area contributed by atoms with Crippen molar-refractivity contribution in [2.75, 3.05) is 12.3 Å². The van der Waals surface area contributed by atoms with Crippen LogP contribution >= 0.6 is 25.3 Å². The lowest BCUT2D eigenvalue weighted by molar-refractivity contribution is -0.120. The van der Waals surface area contributed by atoms with Gasteiger partial charge in [-0.25, -0.2) is 0 Å². The molecule has 0 aliphatic carbocycles. The van der Waals surface area contributed by atoms with E-state index in [1.165, 1.54) is 0 Å². The Morgan fingerprint density at radius 2 is 2.27 bits per heavy atom. The lowest BCUT2D eigenvalue weighted by Crippen LogP contribution is -2.31. The number of hydrogen-bond acceptors (Lipinski definition) is 3. The van der Waals surface area contributed by atoms with Crippen molar-refractivity contribution in [3.63, 3.8) is 0 Å². The topological polar surface area (TPSA) is 29.1 Å². The minimum Gasteiger partial charge on any atom is -0.355 e.